The topological polar surface area (TPSA) is 44.1 Å². The van der Waals surface area contributed by atoms with Crippen molar-refractivity contribution in [1.29, 1.82) is 0 Å². The molecule has 0 saturated heterocycles. The number of aromatic nitrogens is 2. The molecule has 0 bridgehead atoms. The zero-order valence-electron chi connectivity index (χ0n) is 25.2. The van der Waals surface area contributed by atoms with Gasteiger partial charge in [0.1, 0.15) is 28.2 Å². The molecule has 0 amide bonds. The first kappa shape index (κ1) is 25.9. The third kappa shape index (κ3) is 3.98. The fourth-order valence-corrected chi connectivity index (χ4v) is 6.99. The van der Waals surface area contributed by atoms with Crippen molar-refractivity contribution in [3.05, 3.63) is 158 Å². The Labute approximate surface area is 269 Å². The predicted molar refractivity (Wildman–Crippen MR) is 192 cm³/mol. The standard InChI is InChI=1S/C43H26N2O2/c1-2-10-27(11-3-1)28-18-20-30(21-19-28)43-44-36-14-6-7-15-37(36)45(43)31-24-22-29(23-25-31)34-26-35-32-12-4-8-16-38(32)46-42(35)40-33-13-5-9-17-39(33)47-41(34)40/h1-26H. The molecule has 3 aromatic heterocycles. The Morgan fingerprint density at radius 3 is 1.85 bits per heavy atom. The summed E-state index contributed by atoms with van der Waals surface area (Å²) in [5.41, 5.74) is 12.0. The summed E-state index contributed by atoms with van der Waals surface area (Å²) in [6, 6.07) is 54.8. The lowest BCUT2D eigenvalue weighted by Crippen LogP contribution is -1.97. The zero-order chi connectivity index (χ0) is 30.9. The minimum atomic E-state index is 0.831. The molecular formula is C43H26N2O2. The van der Waals surface area contributed by atoms with Crippen LogP contribution < -0.4 is 0 Å². The van der Waals surface area contributed by atoms with Gasteiger partial charge >= 0.3 is 0 Å². The first-order valence-electron chi connectivity index (χ1n) is 15.8. The molecule has 7 aromatic carbocycles. The molecule has 0 N–H and O–H groups in total. The number of hydrogen-bond acceptors (Lipinski definition) is 3. The van der Waals surface area contributed by atoms with E-state index in [4.69, 9.17) is 13.8 Å². The lowest BCUT2D eigenvalue weighted by atomic mass is 9.98. The molecule has 0 aliphatic carbocycles. The van der Waals surface area contributed by atoms with Crippen molar-refractivity contribution >= 4 is 54.9 Å². The highest BCUT2D eigenvalue weighted by Gasteiger charge is 2.21. The number of fused-ring (bicyclic) bond motifs is 8. The van der Waals surface area contributed by atoms with Crippen molar-refractivity contribution in [3.63, 3.8) is 0 Å². The minimum Gasteiger partial charge on any atom is -0.455 e. The lowest BCUT2D eigenvalue weighted by Gasteiger charge is -2.12. The zero-order valence-corrected chi connectivity index (χ0v) is 25.2. The molecule has 0 saturated carbocycles. The number of hydrogen-bond donors (Lipinski definition) is 0. The molecule has 47 heavy (non-hydrogen) atoms. The van der Waals surface area contributed by atoms with E-state index in [1.54, 1.807) is 0 Å². The Bertz CT molecular complexity index is 2770. The van der Waals surface area contributed by atoms with Gasteiger partial charge in [0.15, 0.2) is 0 Å². The van der Waals surface area contributed by atoms with Crippen molar-refractivity contribution in [2.24, 2.45) is 0 Å². The normalized spacial score (nSPS) is 11.8. The van der Waals surface area contributed by atoms with E-state index in [0.717, 1.165) is 83.1 Å². The Kier molecular flexibility index (Phi) is 5.54. The third-order valence-corrected chi connectivity index (χ3v) is 9.24. The van der Waals surface area contributed by atoms with E-state index in [1.807, 2.05) is 36.4 Å². The van der Waals surface area contributed by atoms with Gasteiger partial charge < -0.3 is 8.83 Å². The van der Waals surface area contributed by atoms with Crippen LogP contribution in [0.15, 0.2) is 167 Å². The van der Waals surface area contributed by atoms with Crippen LogP contribution in [0.4, 0.5) is 0 Å². The van der Waals surface area contributed by atoms with E-state index >= 15 is 0 Å². The molecule has 220 valence electrons. The summed E-state index contributed by atoms with van der Waals surface area (Å²) in [6.45, 7) is 0. The van der Waals surface area contributed by atoms with Crippen molar-refractivity contribution in [2.75, 3.05) is 0 Å². The number of para-hydroxylation sites is 4. The van der Waals surface area contributed by atoms with Gasteiger partial charge in [0.25, 0.3) is 0 Å². The molecule has 10 aromatic rings. The lowest BCUT2D eigenvalue weighted by molar-refractivity contribution is 0.663. The fourth-order valence-electron chi connectivity index (χ4n) is 6.99. The van der Waals surface area contributed by atoms with Crippen molar-refractivity contribution < 1.29 is 8.83 Å². The van der Waals surface area contributed by atoms with Gasteiger partial charge in [-0.05, 0) is 59.2 Å². The molecule has 10 rings (SSSR count). The second-order valence-corrected chi connectivity index (χ2v) is 12.0. The molecule has 0 aliphatic heterocycles. The maximum Gasteiger partial charge on any atom is 0.147 e. The summed E-state index contributed by atoms with van der Waals surface area (Å²) < 4.78 is 15.2. The van der Waals surface area contributed by atoms with Crippen LogP contribution in [0, 0.1) is 0 Å². The maximum absolute atomic E-state index is 6.55. The second kappa shape index (κ2) is 10.1. The molecular weight excluding hydrogens is 576 g/mol. The SMILES string of the molecule is c1ccc(-c2ccc(-c3nc4ccccc4n3-c3ccc(-c4cc5c6ccccc6oc5c5c4oc4ccccc45)cc3)cc2)cc1. The molecule has 0 aliphatic rings. The Morgan fingerprint density at radius 1 is 0.447 bits per heavy atom. The van der Waals surface area contributed by atoms with Crippen LogP contribution in [-0.2, 0) is 0 Å². The van der Waals surface area contributed by atoms with E-state index in [1.165, 1.54) is 11.1 Å². The average molecular weight is 603 g/mol. The van der Waals surface area contributed by atoms with Gasteiger partial charge in [-0.25, -0.2) is 4.98 Å². The first-order valence-corrected chi connectivity index (χ1v) is 15.8. The smallest absolute Gasteiger partial charge is 0.147 e. The van der Waals surface area contributed by atoms with Gasteiger partial charge in [-0.3, -0.25) is 4.57 Å². The molecule has 0 spiro atoms. The number of nitrogens with zero attached hydrogens (tertiary/aromatic N) is 2. The highest BCUT2D eigenvalue weighted by atomic mass is 16.3. The molecule has 4 heteroatoms. The third-order valence-electron chi connectivity index (χ3n) is 9.24. The van der Waals surface area contributed by atoms with Crippen molar-refractivity contribution in [3.8, 4) is 39.3 Å². The van der Waals surface area contributed by atoms with Crippen LogP contribution in [0.5, 0.6) is 0 Å². The van der Waals surface area contributed by atoms with Gasteiger partial charge in [0.05, 0.1) is 16.4 Å². The van der Waals surface area contributed by atoms with Crippen LogP contribution in [0.2, 0.25) is 0 Å². The Hall–Kier alpha value is -6.39. The molecule has 0 fully saturated rings. The highest BCUT2D eigenvalue weighted by molar-refractivity contribution is 6.25. The van der Waals surface area contributed by atoms with Crippen molar-refractivity contribution in [2.45, 2.75) is 0 Å². The van der Waals surface area contributed by atoms with E-state index in [2.05, 4.69) is 126 Å². The Balaban J connectivity index is 1.14. The van der Waals surface area contributed by atoms with Gasteiger partial charge in [-0.1, -0.05) is 115 Å². The van der Waals surface area contributed by atoms with Crippen molar-refractivity contribution in [1.82, 2.24) is 9.55 Å². The maximum atomic E-state index is 6.55. The van der Waals surface area contributed by atoms with Gasteiger partial charge in [0.2, 0.25) is 0 Å². The number of imidazole rings is 1. The summed E-state index contributed by atoms with van der Waals surface area (Å²) in [5, 5.41) is 4.24. The van der Waals surface area contributed by atoms with Gasteiger partial charge in [-0.15, -0.1) is 0 Å². The second-order valence-electron chi connectivity index (χ2n) is 12.0. The van der Waals surface area contributed by atoms with Crippen LogP contribution >= 0.6 is 0 Å². The minimum absolute atomic E-state index is 0.831. The average Bonchev–Trinajstić information content (AvgIpc) is 3.83. The summed E-state index contributed by atoms with van der Waals surface area (Å²) >= 11 is 0. The fraction of sp³-hybridized carbons (Fsp3) is 0. The first-order chi connectivity index (χ1) is 23.3. The van der Waals surface area contributed by atoms with Crippen LogP contribution in [0.1, 0.15) is 0 Å². The molecule has 4 nitrogen and oxygen atoms in total. The van der Waals surface area contributed by atoms with Crippen LogP contribution in [0.25, 0.3) is 94.2 Å². The summed E-state index contributed by atoms with van der Waals surface area (Å²) in [7, 11) is 0. The number of benzene rings is 7. The summed E-state index contributed by atoms with van der Waals surface area (Å²) in [4.78, 5) is 5.10. The highest BCUT2D eigenvalue weighted by Crippen LogP contribution is 2.44. The van der Waals surface area contributed by atoms with Crippen LogP contribution in [0.3, 0.4) is 0 Å². The van der Waals surface area contributed by atoms with E-state index in [9.17, 15) is 0 Å². The molecule has 3 heterocycles. The monoisotopic (exact) mass is 602 g/mol. The predicted octanol–water partition coefficient (Wildman–Crippen LogP) is 11.8. The Morgan fingerprint density at radius 2 is 1.04 bits per heavy atom. The van der Waals surface area contributed by atoms with Crippen LogP contribution in [-0.4, -0.2) is 9.55 Å². The number of furan rings is 2. The molecule has 0 atom stereocenters. The summed E-state index contributed by atoms with van der Waals surface area (Å²) in [5.74, 6) is 0.907. The van der Waals surface area contributed by atoms with E-state index in [-0.39, 0.29) is 0 Å². The van der Waals surface area contributed by atoms with Gasteiger partial charge in [0, 0.05) is 33.0 Å². The molecule has 0 unspecified atom stereocenters. The van der Waals surface area contributed by atoms with Gasteiger partial charge in [-0.2, -0.15) is 0 Å². The molecule has 0 radical (unpaired) electrons. The number of rotatable bonds is 4. The summed E-state index contributed by atoms with van der Waals surface area (Å²) in [6.07, 6.45) is 0. The van der Waals surface area contributed by atoms with E-state index < -0.39 is 0 Å². The quantitative estimate of drug-likeness (QED) is 0.201. The van der Waals surface area contributed by atoms with E-state index in [0.29, 0.717) is 0 Å². The largest absolute Gasteiger partial charge is 0.455 e.